The molecule has 0 radical (unpaired) electrons. The smallest absolute Gasteiger partial charge is 0.248 e. The van der Waals surface area contributed by atoms with E-state index in [0.717, 1.165) is 12.8 Å². The summed E-state index contributed by atoms with van der Waals surface area (Å²) in [6.45, 7) is 3.19. The van der Waals surface area contributed by atoms with Crippen LogP contribution in [0.2, 0.25) is 0 Å². The van der Waals surface area contributed by atoms with E-state index in [-0.39, 0.29) is 30.8 Å². The van der Waals surface area contributed by atoms with E-state index in [2.05, 4.69) is 5.32 Å². The van der Waals surface area contributed by atoms with Crippen LogP contribution >= 0.6 is 0 Å². The van der Waals surface area contributed by atoms with Gasteiger partial charge in [0, 0.05) is 26.7 Å². The minimum atomic E-state index is -0.630. The summed E-state index contributed by atoms with van der Waals surface area (Å²) < 4.78 is 18.0. The number of nitrogens with zero attached hydrogens (tertiary/aromatic N) is 1. The fourth-order valence-corrected chi connectivity index (χ4v) is 2.90. The molecular formula is C17H23FN2O3. The molecule has 5 nitrogen and oxygen atoms in total. The molecule has 1 atom stereocenters. The summed E-state index contributed by atoms with van der Waals surface area (Å²) in [5.74, 6) is -0.537. The van der Waals surface area contributed by atoms with Crippen LogP contribution in [-0.4, -0.2) is 43.5 Å². The van der Waals surface area contributed by atoms with E-state index in [1.54, 1.807) is 17.0 Å². The lowest BCUT2D eigenvalue weighted by Crippen LogP contribution is -2.52. The number of rotatable bonds is 5. The number of nitrogens with one attached hydrogen (secondary N) is 1. The Labute approximate surface area is 135 Å². The molecule has 0 aliphatic carbocycles. The third-order valence-corrected chi connectivity index (χ3v) is 4.21. The van der Waals surface area contributed by atoms with Gasteiger partial charge in [0.25, 0.3) is 0 Å². The van der Waals surface area contributed by atoms with E-state index >= 15 is 0 Å². The summed E-state index contributed by atoms with van der Waals surface area (Å²) in [6, 6.07) is 6.15. The standard InChI is InChI=1S/C17H23FN2O3/c1-17(7-4-8-20(12-17)15(21)11-23-2)16(22)19-10-13-5-3-6-14(18)9-13/h3,5-6,9H,4,7-8,10-12H2,1-2H3,(H,19,22)/t17-/m0/s1. The van der Waals surface area contributed by atoms with Crippen molar-refractivity contribution < 1.29 is 18.7 Å². The van der Waals surface area contributed by atoms with E-state index in [4.69, 9.17) is 4.74 Å². The normalized spacial score (nSPS) is 21.1. The number of benzene rings is 1. The number of likely N-dealkylation sites (tertiary alicyclic amines) is 1. The molecule has 126 valence electrons. The van der Waals surface area contributed by atoms with Crippen LogP contribution in [0.5, 0.6) is 0 Å². The van der Waals surface area contributed by atoms with Crippen LogP contribution in [0.4, 0.5) is 4.39 Å². The Morgan fingerprint density at radius 1 is 1.43 bits per heavy atom. The van der Waals surface area contributed by atoms with Crippen molar-refractivity contribution in [3.63, 3.8) is 0 Å². The maximum atomic E-state index is 13.2. The first-order chi connectivity index (χ1) is 10.9. The fraction of sp³-hybridized carbons (Fsp3) is 0.529. The van der Waals surface area contributed by atoms with E-state index < -0.39 is 5.41 Å². The van der Waals surface area contributed by atoms with E-state index in [1.165, 1.54) is 19.2 Å². The molecule has 0 unspecified atom stereocenters. The molecule has 1 fully saturated rings. The number of carbonyl (C=O) groups excluding carboxylic acids is 2. The van der Waals surface area contributed by atoms with Crippen LogP contribution in [0.25, 0.3) is 0 Å². The lowest BCUT2D eigenvalue weighted by molar-refractivity contribution is -0.143. The molecule has 1 aromatic carbocycles. The number of hydrogen-bond donors (Lipinski definition) is 1. The number of piperidine rings is 1. The zero-order valence-corrected chi connectivity index (χ0v) is 13.6. The van der Waals surface area contributed by atoms with Crippen molar-refractivity contribution in [2.24, 2.45) is 5.41 Å². The van der Waals surface area contributed by atoms with Gasteiger partial charge in [0.05, 0.1) is 5.41 Å². The van der Waals surface area contributed by atoms with Gasteiger partial charge in [-0.25, -0.2) is 4.39 Å². The van der Waals surface area contributed by atoms with Crippen LogP contribution in [0.1, 0.15) is 25.3 Å². The molecule has 1 N–H and O–H groups in total. The van der Waals surface area contributed by atoms with Crippen molar-refractivity contribution in [2.45, 2.75) is 26.3 Å². The van der Waals surface area contributed by atoms with Crippen LogP contribution in [-0.2, 0) is 20.9 Å². The molecule has 0 spiro atoms. The number of methoxy groups -OCH3 is 1. The van der Waals surface area contributed by atoms with Gasteiger partial charge in [0.15, 0.2) is 0 Å². The minimum Gasteiger partial charge on any atom is -0.375 e. The molecule has 1 aliphatic heterocycles. The Hall–Kier alpha value is -1.95. The Morgan fingerprint density at radius 2 is 2.22 bits per heavy atom. The molecule has 1 heterocycles. The molecule has 23 heavy (non-hydrogen) atoms. The average Bonchev–Trinajstić information content (AvgIpc) is 2.53. The second-order valence-electron chi connectivity index (χ2n) is 6.23. The van der Waals surface area contributed by atoms with Crippen molar-refractivity contribution in [1.82, 2.24) is 10.2 Å². The molecule has 0 aromatic heterocycles. The number of halogens is 1. The van der Waals surface area contributed by atoms with E-state index in [1.807, 2.05) is 6.92 Å². The highest BCUT2D eigenvalue weighted by molar-refractivity contribution is 5.84. The summed E-state index contributed by atoms with van der Waals surface area (Å²) in [6.07, 6.45) is 1.50. The number of hydrogen-bond acceptors (Lipinski definition) is 3. The predicted octanol–water partition coefficient (Wildman–Crippen LogP) is 1.72. The Kier molecular flexibility index (Phi) is 5.71. The van der Waals surface area contributed by atoms with Gasteiger partial charge in [-0.1, -0.05) is 12.1 Å². The molecule has 1 saturated heterocycles. The van der Waals surface area contributed by atoms with Crippen LogP contribution < -0.4 is 5.32 Å². The van der Waals surface area contributed by atoms with E-state index in [0.29, 0.717) is 18.7 Å². The van der Waals surface area contributed by atoms with Gasteiger partial charge >= 0.3 is 0 Å². The van der Waals surface area contributed by atoms with Gasteiger partial charge in [-0.2, -0.15) is 0 Å². The second-order valence-corrected chi connectivity index (χ2v) is 6.23. The molecular weight excluding hydrogens is 299 g/mol. The Bertz CT molecular complexity index is 579. The number of ether oxygens (including phenoxy) is 1. The highest BCUT2D eigenvalue weighted by Crippen LogP contribution is 2.30. The van der Waals surface area contributed by atoms with Crippen molar-refractivity contribution in [3.05, 3.63) is 35.6 Å². The largest absolute Gasteiger partial charge is 0.375 e. The first-order valence-electron chi connectivity index (χ1n) is 7.74. The minimum absolute atomic E-state index is 0.0288. The van der Waals surface area contributed by atoms with Gasteiger partial charge in [-0.15, -0.1) is 0 Å². The van der Waals surface area contributed by atoms with Gasteiger partial charge in [-0.05, 0) is 37.5 Å². The average molecular weight is 322 g/mol. The molecule has 0 saturated carbocycles. The maximum absolute atomic E-state index is 13.2. The molecule has 2 amide bonds. The summed E-state index contributed by atoms with van der Waals surface area (Å²) in [4.78, 5) is 26.2. The molecule has 0 bridgehead atoms. The summed E-state index contributed by atoms with van der Waals surface area (Å²) in [5.41, 5.74) is 0.0830. The topological polar surface area (TPSA) is 58.6 Å². The predicted molar refractivity (Wildman–Crippen MR) is 84.0 cm³/mol. The van der Waals surface area contributed by atoms with Crippen molar-refractivity contribution in [3.8, 4) is 0 Å². The monoisotopic (exact) mass is 322 g/mol. The fourth-order valence-electron chi connectivity index (χ4n) is 2.90. The van der Waals surface area contributed by atoms with Crippen molar-refractivity contribution >= 4 is 11.8 Å². The molecule has 1 aliphatic rings. The highest BCUT2D eigenvalue weighted by Gasteiger charge is 2.39. The summed E-state index contributed by atoms with van der Waals surface area (Å²) >= 11 is 0. The summed E-state index contributed by atoms with van der Waals surface area (Å²) in [7, 11) is 1.48. The zero-order valence-electron chi connectivity index (χ0n) is 13.6. The van der Waals surface area contributed by atoms with Crippen LogP contribution in [0.15, 0.2) is 24.3 Å². The number of amides is 2. The van der Waals surface area contributed by atoms with Gasteiger partial charge in [-0.3, -0.25) is 9.59 Å². The summed E-state index contributed by atoms with van der Waals surface area (Å²) in [5, 5.41) is 2.85. The van der Waals surface area contributed by atoms with Crippen LogP contribution in [0, 0.1) is 11.2 Å². The van der Waals surface area contributed by atoms with Gasteiger partial charge in [0.1, 0.15) is 12.4 Å². The molecule has 6 heteroatoms. The first-order valence-corrected chi connectivity index (χ1v) is 7.74. The third kappa shape index (κ3) is 4.51. The third-order valence-electron chi connectivity index (χ3n) is 4.21. The first kappa shape index (κ1) is 17.4. The molecule has 1 aromatic rings. The molecule has 2 rings (SSSR count). The van der Waals surface area contributed by atoms with Crippen LogP contribution in [0.3, 0.4) is 0 Å². The quantitative estimate of drug-likeness (QED) is 0.898. The zero-order chi connectivity index (χ0) is 16.9. The lowest BCUT2D eigenvalue weighted by atomic mass is 9.81. The maximum Gasteiger partial charge on any atom is 0.248 e. The van der Waals surface area contributed by atoms with Crippen molar-refractivity contribution in [2.75, 3.05) is 26.8 Å². The van der Waals surface area contributed by atoms with E-state index in [9.17, 15) is 14.0 Å². The van der Waals surface area contributed by atoms with Gasteiger partial charge < -0.3 is 15.0 Å². The van der Waals surface area contributed by atoms with Gasteiger partial charge in [0.2, 0.25) is 11.8 Å². The van der Waals surface area contributed by atoms with Crippen molar-refractivity contribution in [1.29, 1.82) is 0 Å². The second kappa shape index (κ2) is 7.55. The lowest BCUT2D eigenvalue weighted by Gasteiger charge is -2.39. The number of carbonyl (C=O) groups is 2. The Morgan fingerprint density at radius 3 is 2.91 bits per heavy atom. The highest BCUT2D eigenvalue weighted by atomic mass is 19.1. The SMILES string of the molecule is COCC(=O)N1CCC[C@](C)(C(=O)NCc2cccc(F)c2)C1. The Balaban J connectivity index is 1.95.